The highest BCUT2D eigenvalue weighted by Crippen LogP contribution is 2.20. The highest BCUT2D eigenvalue weighted by atomic mass is 32.2. The number of hydrogen-bond donors (Lipinski definition) is 1. The SMILES string of the molecule is Cc1nc(SC[C@@H](C)O)oc1C. The standard InChI is InChI=1S/C8H13NO2S/c1-5(10)4-12-8-9-6(2)7(3)11-8/h5,10H,4H2,1-3H3/t5-/m1/s1. The zero-order chi connectivity index (χ0) is 9.14. The van der Waals surface area contributed by atoms with Crippen LogP contribution in [0.15, 0.2) is 9.64 Å². The number of nitrogens with zero attached hydrogens (tertiary/aromatic N) is 1. The molecular formula is C8H13NO2S. The van der Waals surface area contributed by atoms with Crippen LogP contribution in [0.1, 0.15) is 18.4 Å². The van der Waals surface area contributed by atoms with Crippen LogP contribution < -0.4 is 0 Å². The maximum Gasteiger partial charge on any atom is 0.256 e. The molecule has 0 radical (unpaired) electrons. The van der Waals surface area contributed by atoms with Crippen LogP contribution in [-0.4, -0.2) is 21.9 Å². The first-order valence-electron chi connectivity index (χ1n) is 3.84. The Balaban J connectivity index is 2.53. The van der Waals surface area contributed by atoms with Crippen molar-refractivity contribution in [2.24, 2.45) is 0 Å². The summed E-state index contributed by atoms with van der Waals surface area (Å²) in [5, 5.41) is 9.64. The molecule has 3 nitrogen and oxygen atoms in total. The van der Waals surface area contributed by atoms with E-state index in [9.17, 15) is 0 Å². The Kier molecular flexibility index (Phi) is 3.17. The Morgan fingerprint density at radius 1 is 1.58 bits per heavy atom. The number of aliphatic hydroxyl groups is 1. The molecule has 1 aromatic rings. The van der Waals surface area contributed by atoms with E-state index < -0.39 is 0 Å². The molecule has 0 fully saturated rings. The van der Waals surface area contributed by atoms with E-state index in [0.717, 1.165) is 11.5 Å². The average molecular weight is 187 g/mol. The Labute approximate surface area is 76.2 Å². The molecule has 0 aliphatic heterocycles. The predicted octanol–water partition coefficient (Wildman–Crippen LogP) is 1.76. The van der Waals surface area contributed by atoms with Gasteiger partial charge in [-0.05, 0) is 20.8 Å². The van der Waals surface area contributed by atoms with Gasteiger partial charge in [-0.2, -0.15) is 0 Å². The molecule has 0 saturated heterocycles. The molecular weight excluding hydrogens is 174 g/mol. The third kappa shape index (κ3) is 2.53. The maximum atomic E-state index is 9.00. The van der Waals surface area contributed by atoms with Gasteiger partial charge in [-0.1, -0.05) is 11.8 Å². The molecule has 1 heterocycles. The Morgan fingerprint density at radius 2 is 2.25 bits per heavy atom. The van der Waals surface area contributed by atoms with Crippen LogP contribution in [0.2, 0.25) is 0 Å². The van der Waals surface area contributed by atoms with Gasteiger partial charge in [0.1, 0.15) is 5.76 Å². The lowest BCUT2D eigenvalue weighted by molar-refractivity contribution is 0.220. The second-order valence-corrected chi connectivity index (χ2v) is 3.75. The van der Waals surface area contributed by atoms with E-state index in [1.807, 2.05) is 13.8 Å². The van der Waals surface area contributed by atoms with Gasteiger partial charge in [0.25, 0.3) is 5.22 Å². The first-order chi connectivity index (χ1) is 5.59. The summed E-state index contributed by atoms with van der Waals surface area (Å²) in [6.07, 6.45) is -0.317. The van der Waals surface area contributed by atoms with Gasteiger partial charge >= 0.3 is 0 Å². The van der Waals surface area contributed by atoms with Crippen molar-refractivity contribution in [2.75, 3.05) is 5.75 Å². The molecule has 0 unspecified atom stereocenters. The van der Waals surface area contributed by atoms with Crippen molar-refractivity contribution >= 4 is 11.8 Å². The summed E-state index contributed by atoms with van der Waals surface area (Å²) < 4.78 is 5.31. The topological polar surface area (TPSA) is 46.3 Å². The lowest BCUT2D eigenvalue weighted by Gasteiger charge is -1.98. The third-order valence-electron chi connectivity index (χ3n) is 1.46. The van der Waals surface area contributed by atoms with Gasteiger partial charge in [-0.3, -0.25) is 0 Å². The summed E-state index contributed by atoms with van der Waals surface area (Å²) in [5.74, 6) is 1.47. The summed E-state index contributed by atoms with van der Waals surface area (Å²) in [6, 6.07) is 0. The molecule has 0 spiro atoms. The van der Waals surface area contributed by atoms with E-state index in [-0.39, 0.29) is 6.10 Å². The first kappa shape index (κ1) is 9.61. The van der Waals surface area contributed by atoms with Crippen LogP contribution >= 0.6 is 11.8 Å². The molecule has 0 aliphatic rings. The van der Waals surface area contributed by atoms with E-state index in [1.165, 1.54) is 11.8 Å². The van der Waals surface area contributed by atoms with Crippen LogP contribution in [-0.2, 0) is 0 Å². The molecule has 1 atom stereocenters. The summed E-state index contributed by atoms with van der Waals surface area (Å²) in [6.45, 7) is 5.54. The largest absolute Gasteiger partial charge is 0.437 e. The minimum atomic E-state index is -0.317. The van der Waals surface area contributed by atoms with Crippen molar-refractivity contribution in [2.45, 2.75) is 32.1 Å². The molecule has 1 aromatic heterocycles. The smallest absolute Gasteiger partial charge is 0.256 e. The molecule has 0 bridgehead atoms. The van der Waals surface area contributed by atoms with Gasteiger partial charge in [0.05, 0.1) is 11.8 Å². The van der Waals surface area contributed by atoms with Gasteiger partial charge in [0.2, 0.25) is 0 Å². The van der Waals surface area contributed by atoms with Gasteiger partial charge < -0.3 is 9.52 Å². The van der Waals surface area contributed by atoms with Crippen molar-refractivity contribution in [1.29, 1.82) is 0 Å². The van der Waals surface area contributed by atoms with Crippen molar-refractivity contribution < 1.29 is 9.52 Å². The zero-order valence-corrected chi connectivity index (χ0v) is 8.31. The van der Waals surface area contributed by atoms with Gasteiger partial charge in [0, 0.05) is 5.75 Å². The lowest BCUT2D eigenvalue weighted by Crippen LogP contribution is -2.02. The Bertz CT molecular complexity index is 238. The van der Waals surface area contributed by atoms with E-state index in [1.54, 1.807) is 6.92 Å². The van der Waals surface area contributed by atoms with Gasteiger partial charge in [-0.15, -0.1) is 0 Å². The zero-order valence-electron chi connectivity index (χ0n) is 7.50. The normalized spacial score (nSPS) is 13.3. The maximum absolute atomic E-state index is 9.00. The molecule has 1 N–H and O–H groups in total. The van der Waals surface area contributed by atoms with Crippen LogP contribution in [0.25, 0.3) is 0 Å². The number of hydrogen-bond acceptors (Lipinski definition) is 4. The van der Waals surface area contributed by atoms with Crippen LogP contribution in [0, 0.1) is 13.8 Å². The van der Waals surface area contributed by atoms with E-state index in [0.29, 0.717) is 11.0 Å². The summed E-state index contributed by atoms with van der Waals surface area (Å²) in [5.41, 5.74) is 0.920. The summed E-state index contributed by atoms with van der Waals surface area (Å²) in [4.78, 5) is 4.17. The van der Waals surface area contributed by atoms with Crippen molar-refractivity contribution in [3.8, 4) is 0 Å². The molecule has 1 rings (SSSR count). The number of oxazole rings is 1. The molecule has 4 heteroatoms. The second kappa shape index (κ2) is 3.96. The predicted molar refractivity (Wildman–Crippen MR) is 48.4 cm³/mol. The minimum absolute atomic E-state index is 0.317. The van der Waals surface area contributed by atoms with Crippen molar-refractivity contribution in [1.82, 2.24) is 4.98 Å². The molecule has 0 aromatic carbocycles. The summed E-state index contributed by atoms with van der Waals surface area (Å²) in [7, 11) is 0. The minimum Gasteiger partial charge on any atom is -0.437 e. The summed E-state index contributed by atoms with van der Waals surface area (Å²) >= 11 is 1.44. The van der Waals surface area contributed by atoms with E-state index in [4.69, 9.17) is 9.52 Å². The molecule has 0 amide bonds. The van der Waals surface area contributed by atoms with E-state index in [2.05, 4.69) is 4.98 Å². The Hall–Kier alpha value is -0.480. The molecule has 0 aliphatic carbocycles. The number of aliphatic hydroxyl groups excluding tert-OH is 1. The molecule has 12 heavy (non-hydrogen) atoms. The monoisotopic (exact) mass is 187 g/mol. The van der Waals surface area contributed by atoms with Crippen molar-refractivity contribution in [3.63, 3.8) is 0 Å². The fourth-order valence-electron chi connectivity index (χ4n) is 0.697. The van der Waals surface area contributed by atoms with Gasteiger partial charge in [0.15, 0.2) is 0 Å². The fourth-order valence-corrected chi connectivity index (χ4v) is 1.47. The second-order valence-electron chi connectivity index (χ2n) is 2.78. The fraction of sp³-hybridized carbons (Fsp3) is 0.625. The van der Waals surface area contributed by atoms with E-state index >= 15 is 0 Å². The number of aromatic nitrogens is 1. The quantitative estimate of drug-likeness (QED) is 0.732. The average Bonchev–Trinajstić information content (AvgIpc) is 2.28. The molecule has 68 valence electrons. The highest BCUT2D eigenvalue weighted by molar-refractivity contribution is 7.99. The third-order valence-corrected chi connectivity index (χ3v) is 2.53. The van der Waals surface area contributed by atoms with Crippen molar-refractivity contribution in [3.05, 3.63) is 11.5 Å². The number of rotatable bonds is 3. The van der Waals surface area contributed by atoms with Gasteiger partial charge in [-0.25, -0.2) is 4.98 Å². The molecule has 0 saturated carbocycles. The number of thioether (sulfide) groups is 1. The Morgan fingerprint density at radius 3 is 2.67 bits per heavy atom. The van der Waals surface area contributed by atoms with Crippen LogP contribution in [0.5, 0.6) is 0 Å². The first-order valence-corrected chi connectivity index (χ1v) is 4.83. The van der Waals surface area contributed by atoms with Crippen LogP contribution in [0.3, 0.4) is 0 Å². The highest BCUT2D eigenvalue weighted by Gasteiger charge is 2.06. The van der Waals surface area contributed by atoms with Crippen LogP contribution in [0.4, 0.5) is 0 Å². The lowest BCUT2D eigenvalue weighted by atomic mass is 10.4. The number of aryl methyl sites for hydroxylation is 2.